The number of ether oxygens (including phenoxy) is 2. The van der Waals surface area contributed by atoms with Crippen molar-refractivity contribution in [1.82, 2.24) is 5.32 Å². The van der Waals surface area contributed by atoms with E-state index in [0.717, 1.165) is 10.5 Å². The molecule has 1 saturated heterocycles. The molecule has 0 aliphatic carbocycles. The number of urea groups is 1. The second-order valence-corrected chi connectivity index (χ2v) is 8.35. The molecule has 1 fully saturated rings. The highest BCUT2D eigenvalue weighted by Gasteiger charge is 2.34. The number of rotatable bonds is 6. The lowest BCUT2D eigenvalue weighted by atomic mass is 10.1. The molecule has 33 heavy (non-hydrogen) atoms. The average molecular weight is 532 g/mol. The fourth-order valence-corrected chi connectivity index (χ4v) is 3.93. The van der Waals surface area contributed by atoms with Crippen molar-refractivity contribution < 1.29 is 23.5 Å². The van der Waals surface area contributed by atoms with Crippen molar-refractivity contribution in [2.75, 3.05) is 12.0 Å². The van der Waals surface area contributed by atoms with Crippen LogP contribution in [0.25, 0.3) is 6.08 Å². The number of benzene rings is 3. The minimum atomic E-state index is -0.557. The lowest BCUT2D eigenvalue weighted by molar-refractivity contribution is -0.113. The molecule has 4 rings (SSSR count). The number of carbonyl (C=O) groups excluding carboxylic acids is 2. The first-order valence-corrected chi connectivity index (χ1v) is 10.9. The highest BCUT2D eigenvalue weighted by atomic mass is 79.9. The second kappa shape index (κ2) is 9.64. The molecular formula is C24H17BrClFN2O4. The van der Waals surface area contributed by atoms with Gasteiger partial charge >= 0.3 is 6.03 Å². The summed E-state index contributed by atoms with van der Waals surface area (Å²) in [7, 11) is 1.49. The van der Waals surface area contributed by atoms with Gasteiger partial charge in [-0.25, -0.2) is 14.1 Å². The van der Waals surface area contributed by atoms with Gasteiger partial charge in [0, 0.05) is 5.02 Å². The van der Waals surface area contributed by atoms with E-state index in [1.165, 1.54) is 19.2 Å². The Morgan fingerprint density at radius 3 is 2.45 bits per heavy atom. The predicted molar refractivity (Wildman–Crippen MR) is 127 cm³/mol. The van der Waals surface area contributed by atoms with E-state index < -0.39 is 11.9 Å². The van der Waals surface area contributed by atoms with E-state index in [4.69, 9.17) is 21.1 Å². The molecule has 3 aromatic carbocycles. The van der Waals surface area contributed by atoms with E-state index in [-0.39, 0.29) is 18.1 Å². The van der Waals surface area contributed by atoms with Crippen molar-refractivity contribution in [1.29, 1.82) is 0 Å². The van der Waals surface area contributed by atoms with Crippen molar-refractivity contribution in [2.24, 2.45) is 0 Å². The zero-order valence-corrected chi connectivity index (χ0v) is 19.6. The molecule has 3 amide bonds. The van der Waals surface area contributed by atoms with Crippen molar-refractivity contribution in [3.63, 3.8) is 0 Å². The minimum Gasteiger partial charge on any atom is -0.493 e. The summed E-state index contributed by atoms with van der Waals surface area (Å²) in [6.45, 7) is 0.209. The lowest BCUT2D eigenvalue weighted by Crippen LogP contribution is -2.30. The van der Waals surface area contributed by atoms with Crippen LogP contribution in [-0.4, -0.2) is 19.0 Å². The molecule has 9 heteroatoms. The Kier molecular flexibility index (Phi) is 6.67. The Morgan fingerprint density at radius 1 is 1.09 bits per heavy atom. The smallest absolute Gasteiger partial charge is 0.333 e. The largest absolute Gasteiger partial charge is 0.493 e. The molecule has 1 aliphatic heterocycles. The summed E-state index contributed by atoms with van der Waals surface area (Å²) < 4.78 is 25.0. The van der Waals surface area contributed by atoms with Crippen LogP contribution in [0.3, 0.4) is 0 Å². The van der Waals surface area contributed by atoms with Crippen LogP contribution in [0.5, 0.6) is 11.5 Å². The number of amides is 3. The fraction of sp³-hybridized carbons (Fsp3) is 0.0833. The topological polar surface area (TPSA) is 67.9 Å². The first-order valence-electron chi connectivity index (χ1n) is 9.73. The average Bonchev–Trinajstić information content (AvgIpc) is 3.07. The highest BCUT2D eigenvalue weighted by molar-refractivity contribution is 9.10. The van der Waals surface area contributed by atoms with Crippen LogP contribution in [0.15, 0.2) is 70.8 Å². The first-order chi connectivity index (χ1) is 15.9. The summed E-state index contributed by atoms with van der Waals surface area (Å²) in [5, 5.41) is 3.09. The van der Waals surface area contributed by atoms with Gasteiger partial charge in [-0.05, 0) is 81.7 Å². The maximum Gasteiger partial charge on any atom is 0.333 e. The predicted octanol–water partition coefficient (Wildman–Crippen LogP) is 5.93. The van der Waals surface area contributed by atoms with Crippen molar-refractivity contribution in [3.8, 4) is 11.5 Å². The molecule has 3 aromatic rings. The number of anilines is 1. The quantitative estimate of drug-likeness (QED) is 0.316. The fourth-order valence-electron chi connectivity index (χ4n) is 3.23. The molecule has 0 unspecified atom stereocenters. The van der Waals surface area contributed by atoms with E-state index in [1.54, 1.807) is 54.6 Å². The number of nitrogens with zero attached hydrogens (tertiary/aromatic N) is 1. The molecule has 0 spiro atoms. The number of methoxy groups -OCH3 is 1. The highest BCUT2D eigenvalue weighted by Crippen LogP contribution is 2.38. The maximum absolute atomic E-state index is 13.1. The zero-order chi connectivity index (χ0) is 23.5. The van der Waals surface area contributed by atoms with E-state index in [1.807, 2.05) is 0 Å². The number of hydrogen-bond donors (Lipinski definition) is 1. The molecule has 1 heterocycles. The monoisotopic (exact) mass is 530 g/mol. The van der Waals surface area contributed by atoms with Gasteiger partial charge in [0.25, 0.3) is 5.91 Å². The maximum atomic E-state index is 13.1. The Morgan fingerprint density at radius 2 is 1.79 bits per heavy atom. The number of carbonyl (C=O) groups is 2. The van der Waals surface area contributed by atoms with E-state index in [0.29, 0.717) is 32.2 Å². The minimum absolute atomic E-state index is 0.115. The van der Waals surface area contributed by atoms with Gasteiger partial charge in [0.2, 0.25) is 0 Å². The Labute approximate surface area is 202 Å². The molecule has 0 saturated carbocycles. The molecular weight excluding hydrogens is 515 g/mol. The third-order valence-corrected chi connectivity index (χ3v) is 5.66. The van der Waals surface area contributed by atoms with Gasteiger partial charge in [0.05, 0.1) is 17.3 Å². The summed E-state index contributed by atoms with van der Waals surface area (Å²) >= 11 is 9.36. The van der Waals surface area contributed by atoms with Gasteiger partial charge in [-0.2, -0.15) is 0 Å². The number of nitrogens with one attached hydrogen (secondary N) is 1. The van der Waals surface area contributed by atoms with Crippen LogP contribution >= 0.6 is 27.5 Å². The third kappa shape index (κ3) is 5.02. The van der Waals surface area contributed by atoms with E-state index in [9.17, 15) is 14.0 Å². The molecule has 6 nitrogen and oxygen atoms in total. The normalized spacial score (nSPS) is 14.5. The van der Waals surface area contributed by atoms with Gasteiger partial charge in [-0.1, -0.05) is 23.7 Å². The van der Waals surface area contributed by atoms with Gasteiger partial charge in [-0.3, -0.25) is 4.79 Å². The van der Waals surface area contributed by atoms with Gasteiger partial charge in [0.1, 0.15) is 18.1 Å². The summed E-state index contributed by atoms with van der Waals surface area (Å²) in [6, 6.07) is 15.2. The Balaban J connectivity index is 1.57. The molecule has 0 atom stereocenters. The van der Waals surface area contributed by atoms with Crippen LogP contribution in [0.1, 0.15) is 11.1 Å². The lowest BCUT2D eigenvalue weighted by Gasteiger charge is -2.14. The number of hydrogen-bond acceptors (Lipinski definition) is 4. The molecule has 168 valence electrons. The van der Waals surface area contributed by atoms with Crippen molar-refractivity contribution in [3.05, 3.63) is 92.8 Å². The third-order valence-electron chi connectivity index (χ3n) is 4.82. The summed E-state index contributed by atoms with van der Waals surface area (Å²) in [5.74, 6) is 0.0605. The van der Waals surface area contributed by atoms with Crippen LogP contribution in [0.2, 0.25) is 5.02 Å². The van der Waals surface area contributed by atoms with Crippen molar-refractivity contribution in [2.45, 2.75) is 6.61 Å². The molecule has 0 aromatic heterocycles. The van der Waals surface area contributed by atoms with E-state index >= 15 is 0 Å². The summed E-state index contributed by atoms with van der Waals surface area (Å²) in [4.78, 5) is 26.3. The number of imide groups is 1. The van der Waals surface area contributed by atoms with Crippen LogP contribution < -0.4 is 19.7 Å². The number of halogens is 3. The molecule has 0 bridgehead atoms. The standard InChI is InChI=1S/C24H17BrClFN2O4/c1-32-21-12-15(10-19(25)22(21)33-13-14-2-6-17(27)7-3-14)11-20-23(30)29(24(31)28-20)18-8-4-16(26)5-9-18/h2-12H,13H2,1H3,(H,28,31)/b20-11+. The summed E-state index contributed by atoms with van der Waals surface area (Å²) in [6.07, 6.45) is 1.55. The van der Waals surface area contributed by atoms with Gasteiger partial charge < -0.3 is 14.8 Å². The van der Waals surface area contributed by atoms with Gasteiger partial charge in [0.15, 0.2) is 11.5 Å². The van der Waals surface area contributed by atoms with Crippen molar-refractivity contribution >= 4 is 51.2 Å². The van der Waals surface area contributed by atoms with Gasteiger partial charge in [-0.15, -0.1) is 0 Å². The molecule has 0 radical (unpaired) electrons. The van der Waals surface area contributed by atoms with Crippen LogP contribution in [-0.2, 0) is 11.4 Å². The van der Waals surface area contributed by atoms with Crippen LogP contribution in [0.4, 0.5) is 14.9 Å². The first kappa shape index (κ1) is 22.8. The zero-order valence-electron chi connectivity index (χ0n) is 17.3. The summed E-state index contributed by atoms with van der Waals surface area (Å²) in [5.41, 5.74) is 1.92. The van der Waals surface area contributed by atoms with E-state index in [2.05, 4.69) is 21.2 Å². The SMILES string of the molecule is COc1cc(/C=C2/NC(=O)N(c3ccc(Cl)cc3)C2=O)cc(Br)c1OCc1ccc(F)cc1. The second-order valence-electron chi connectivity index (χ2n) is 7.05. The molecule has 1 aliphatic rings. The Hall–Kier alpha value is -3.36. The van der Waals surface area contributed by atoms with Crippen LogP contribution in [0, 0.1) is 5.82 Å². The molecule has 1 N–H and O–H groups in total. The Bertz CT molecular complexity index is 1250.